The SMILES string of the molecule is Cc1cc(C(F)(F)F)cc(N2C(=O)CCC2C(=O)N(C)c2cccc(C)c2N(C)Cc2nc3n(c2C)CCN(C)C3)n1. The lowest BCUT2D eigenvalue weighted by molar-refractivity contribution is -0.137. The summed E-state index contributed by atoms with van der Waals surface area (Å²) < 4.78 is 42.9. The molecule has 1 aromatic carbocycles. The lowest BCUT2D eigenvalue weighted by atomic mass is 10.1. The Morgan fingerprint density at radius 2 is 1.83 bits per heavy atom. The number of carbonyl (C=O) groups is 2. The van der Waals surface area contributed by atoms with Gasteiger partial charge in [0.25, 0.3) is 0 Å². The molecule has 1 unspecified atom stereocenters. The molecule has 42 heavy (non-hydrogen) atoms. The van der Waals surface area contributed by atoms with Gasteiger partial charge in [0.15, 0.2) is 0 Å². The fourth-order valence-corrected chi connectivity index (χ4v) is 6.00. The topological polar surface area (TPSA) is 77.8 Å². The molecule has 2 aromatic heterocycles. The first-order chi connectivity index (χ1) is 19.8. The van der Waals surface area contributed by atoms with Crippen LogP contribution in [-0.2, 0) is 35.4 Å². The zero-order chi connectivity index (χ0) is 30.5. The smallest absolute Gasteiger partial charge is 0.367 e. The van der Waals surface area contributed by atoms with Gasteiger partial charge in [0.05, 0.1) is 35.7 Å². The van der Waals surface area contributed by atoms with Crippen LogP contribution in [0.1, 0.15) is 46.9 Å². The molecule has 9 nitrogen and oxygen atoms in total. The summed E-state index contributed by atoms with van der Waals surface area (Å²) in [5.74, 6) is 0.0449. The lowest BCUT2D eigenvalue weighted by Gasteiger charge is -2.32. The number of hydrogen-bond donors (Lipinski definition) is 0. The molecule has 0 spiro atoms. The maximum Gasteiger partial charge on any atom is 0.416 e. The number of aromatic nitrogens is 3. The van der Waals surface area contributed by atoms with Crippen molar-refractivity contribution in [3.63, 3.8) is 0 Å². The van der Waals surface area contributed by atoms with Crippen molar-refractivity contribution in [1.82, 2.24) is 19.4 Å². The number of rotatable bonds is 6. The van der Waals surface area contributed by atoms with E-state index in [0.29, 0.717) is 12.2 Å². The van der Waals surface area contributed by atoms with E-state index >= 15 is 0 Å². The molecule has 5 rings (SSSR count). The van der Waals surface area contributed by atoms with Crippen LogP contribution in [0.25, 0.3) is 0 Å². The molecule has 3 aromatic rings. The Balaban J connectivity index is 1.44. The molecular formula is C30H36F3N7O2. The number of imidazole rings is 1. The molecule has 224 valence electrons. The molecule has 1 saturated heterocycles. The van der Waals surface area contributed by atoms with Gasteiger partial charge >= 0.3 is 6.18 Å². The summed E-state index contributed by atoms with van der Waals surface area (Å²) in [6.45, 7) is 8.64. The van der Waals surface area contributed by atoms with Crippen LogP contribution in [-0.4, -0.2) is 65.0 Å². The molecule has 0 saturated carbocycles. The summed E-state index contributed by atoms with van der Waals surface area (Å²) in [5, 5.41) is 0. The van der Waals surface area contributed by atoms with Crippen LogP contribution in [0, 0.1) is 20.8 Å². The zero-order valence-electron chi connectivity index (χ0n) is 24.8. The highest BCUT2D eigenvalue weighted by Gasteiger charge is 2.41. The first-order valence-electron chi connectivity index (χ1n) is 14.0. The lowest BCUT2D eigenvalue weighted by Crippen LogP contribution is -2.46. The van der Waals surface area contributed by atoms with Crippen molar-refractivity contribution < 1.29 is 22.8 Å². The van der Waals surface area contributed by atoms with Crippen molar-refractivity contribution >= 4 is 29.0 Å². The highest BCUT2D eigenvalue weighted by molar-refractivity contribution is 6.09. The van der Waals surface area contributed by atoms with Crippen LogP contribution in [0.4, 0.5) is 30.4 Å². The van der Waals surface area contributed by atoms with Crippen LogP contribution in [0.3, 0.4) is 0 Å². The minimum absolute atomic E-state index is 0.0429. The average Bonchev–Trinajstić information content (AvgIpc) is 3.45. The Morgan fingerprint density at radius 3 is 2.55 bits per heavy atom. The number of nitrogens with zero attached hydrogens (tertiary/aromatic N) is 7. The normalized spacial score (nSPS) is 17.5. The molecule has 2 aliphatic rings. The van der Waals surface area contributed by atoms with Crippen LogP contribution in [0.2, 0.25) is 0 Å². The maximum atomic E-state index is 13.9. The predicted molar refractivity (Wildman–Crippen MR) is 154 cm³/mol. The number of hydrogen-bond acceptors (Lipinski definition) is 6. The molecule has 1 fully saturated rings. The molecule has 2 amide bonds. The summed E-state index contributed by atoms with van der Waals surface area (Å²) in [6.07, 6.45) is -4.38. The number of benzene rings is 1. The largest absolute Gasteiger partial charge is 0.416 e. The Hall–Kier alpha value is -3.93. The van der Waals surface area contributed by atoms with Crippen molar-refractivity contribution in [1.29, 1.82) is 0 Å². The van der Waals surface area contributed by atoms with Gasteiger partial charge in [-0.3, -0.25) is 19.4 Å². The Morgan fingerprint density at radius 1 is 1.10 bits per heavy atom. The van der Waals surface area contributed by atoms with E-state index in [1.807, 2.05) is 32.2 Å². The Labute approximate surface area is 243 Å². The summed E-state index contributed by atoms with van der Waals surface area (Å²) in [5.41, 5.74) is 3.71. The van der Waals surface area contributed by atoms with Gasteiger partial charge in [0.2, 0.25) is 11.8 Å². The number of amides is 2. The Bertz CT molecular complexity index is 1530. The van der Waals surface area contributed by atoms with Gasteiger partial charge in [0, 0.05) is 45.0 Å². The minimum atomic E-state index is -4.61. The Kier molecular flexibility index (Phi) is 7.78. The summed E-state index contributed by atoms with van der Waals surface area (Å²) in [4.78, 5) is 42.9. The standard InChI is InChI=1S/C30H36F3N7O2/c1-18-8-7-9-23(28(18)37(5)16-22-20(3)39-13-12-36(4)17-26(39)35-22)38(6)29(42)24-10-11-27(41)40(24)25-15-21(30(31,32)33)14-19(2)34-25/h7-9,14-15,24H,10-13,16-17H2,1-6H3. The van der Waals surface area contributed by atoms with E-state index in [0.717, 1.165) is 65.1 Å². The van der Waals surface area contributed by atoms with Crippen LogP contribution < -0.4 is 14.7 Å². The van der Waals surface area contributed by atoms with E-state index in [-0.39, 0.29) is 24.4 Å². The first-order valence-corrected chi connectivity index (χ1v) is 14.0. The van der Waals surface area contributed by atoms with Crippen LogP contribution in [0.15, 0.2) is 30.3 Å². The second-order valence-corrected chi connectivity index (χ2v) is 11.3. The van der Waals surface area contributed by atoms with Crippen molar-refractivity contribution in [2.24, 2.45) is 0 Å². The molecular weight excluding hydrogens is 547 g/mol. The number of pyridine rings is 1. The van der Waals surface area contributed by atoms with Crippen LogP contribution in [0.5, 0.6) is 0 Å². The molecule has 0 bridgehead atoms. The monoisotopic (exact) mass is 583 g/mol. The van der Waals surface area contributed by atoms with E-state index < -0.39 is 29.6 Å². The van der Waals surface area contributed by atoms with Gasteiger partial charge in [-0.1, -0.05) is 12.1 Å². The van der Waals surface area contributed by atoms with Crippen molar-refractivity contribution in [3.8, 4) is 0 Å². The van der Waals surface area contributed by atoms with Gasteiger partial charge in [-0.25, -0.2) is 9.97 Å². The third-order valence-corrected chi connectivity index (χ3v) is 8.20. The second-order valence-electron chi connectivity index (χ2n) is 11.3. The highest BCUT2D eigenvalue weighted by atomic mass is 19.4. The quantitative estimate of drug-likeness (QED) is 0.427. The van der Waals surface area contributed by atoms with E-state index in [1.54, 1.807) is 7.05 Å². The fourth-order valence-electron chi connectivity index (χ4n) is 6.00. The fraction of sp³-hybridized carbons (Fsp3) is 0.467. The van der Waals surface area contributed by atoms with Gasteiger partial charge in [-0.2, -0.15) is 13.2 Å². The zero-order valence-corrected chi connectivity index (χ0v) is 24.8. The summed E-state index contributed by atoms with van der Waals surface area (Å²) in [7, 11) is 5.67. The third-order valence-electron chi connectivity index (χ3n) is 8.20. The van der Waals surface area contributed by atoms with Crippen LogP contribution >= 0.6 is 0 Å². The highest BCUT2D eigenvalue weighted by Crippen LogP contribution is 2.37. The third kappa shape index (κ3) is 5.47. The summed E-state index contributed by atoms with van der Waals surface area (Å²) >= 11 is 0. The van der Waals surface area contributed by atoms with Gasteiger partial charge in [0.1, 0.15) is 17.7 Å². The maximum absolute atomic E-state index is 13.9. The number of likely N-dealkylation sites (N-methyl/N-ethyl adjacent to an activating group) is 2. The number of carbonyl (C=O) groups excluding carboxylic acids is 2. The number of fused-ring (bicyclic) bond motifs is 1. The number of para-hydroxylation sites is 1. The number of halogens is 3. The minimum Gasteiger partial charge on any atom is -0.367 e. The van der Waals surface area contributed by atoms with E-state index in [2.05, 4.69) is 33.3 Å². The number of anilines is 3. The number of aryl methyl sites for hydroxylation is 2. The molecule has 2 aliphatic heterocycles. The molecule has 1 atom stereocenters. The van der Waals surface area contributed by atoms with E-state index in [4.69, 9.17) is 4.98 Å². The second kappa shape index (κ2) is 11.0. The van der Waals surface area contributed by atoms with Crippen molar-refractivity contribution in [2.45, 2.75) is 65.5 Å². The number of alkyl halides is 3. The van der Waals surface area contributed by atoms with Gasteiger partial charge in [-0.05, 0) is 58.0 Å². The molecule has 0 N–H and O–H groups in total. The molecule has 0 radical (unpaired) electrons. The van der Waals surface area contributed by atoms with Crippen molar-refractivity contribution in [3.05, 3.63) is 64.4 Å². The summed E-state index contributed by atoms with van der Waals surface area (Å²) in [6, 6.07) is 6.46. The van der Waals surface area contributed by atoms with Gasteiger partial charge < -0.3 is 14.4 Å². The van der Waals surface area contributed by atoms with Gasteiger partial charge in [-0.15, -0.1) is 0 Å². The predicted octanol–water partition coefficient (Wildman–Crippen LogP) is 4.46. The molecule has 4 heterocycles. The average molecular weight is 584 g/mol. The van der Waals surface area contributed by atoms with E-state index in [1.165, 1.54) is 11.8 Å². The van der Waals surface area contributed by atoms with E-state index in [9.17, 15) is 22.8 Å². The molecule has 12 heteroatoms. The van der Waals surface area contributed by atoms with Crippen molar-refractivity contribution in [2.75, 3.05) is 42.4 Å². The first kappa shape index (κ1) is 29.6. The molecule has 0 aliphatic carbocycles.